The number of benzene rings is 4. The fourth-order valence-corrected chi connectivity index (χ4v) is 7.90. The van der Waals surface area contributed by atoms with Gasteiger partial charge in [-0.1, -0.05) is 162 Å². The molecule has 4 aromatic rings. The number of amides is 5. The van der Waals surface area contributed by atoms with Crippen LogP contribution in [0.4, 0.5) is 9.59 Å². The molecular weight excluding hydrogens is 949 g/mol. The number of rotatable bonds is 25. The summed E-state index contributed by atoms with van der Waals surface area (Å²) in [5, 5.41) is 8.03. The van der Waals surface area contributed by atoms with Crippen LogP contribution in [0.2, 0.25) is 0 Å². The van der Waals surface area contributed by atoms with Gasteiger partial charge in [0.05, 0.1) is 39.0 Å². The molecule has 17 nitrogen and oxygen atoms in total. The van der Waals surface area contributed by atoms with Crippen molar-refractivity contribution in [1.29, 1.82) is 0 Å². The molecule has 0 bridgehead atoms. The lowest BCUT2D eigenvalue weighted by molar-refractivity contribution is -0.225. The minimum Gasteiger partial charge on any atom is -0.458 e. The van der Waals surface area contributed by atoms with E-state index in [-0.39, 0.29) is 46.1 Å². The molecule has 7 atom stereocenters. The molecular formula is C57H72N4O13. The lowest BCUT2D eigenvalue weighted by Crippen LogP contribution is -2.62. The Morgan fingerprint density at radius 2 is 1.20 bits per heavy atom. The number of nitrogens with zero attached hydrogens (tertiary/aromatic N) is 1. The third-order valence-corrected chi connectivity index (χ3v) is 11.6. The van der Waals surface area contributed by atoms with E-state index in [0.29, 0.717) is 10.5 Å². The molecule has 5 amide bonds. The summed E-state index contributed by atoms with van der Waals surface area (Å²) in [6, 6.07) is 32.6. The normalized spacial score (nSPS) is 17.7. The minimum absolute atomic E-state index is 0.0204. The summed E-state index contributed by atoms with van der Waals surface area (Å²) in [5.74, 6) is -5.06. The van der Waals surface area contributed by atoms with Gasteiger partial charge in [0.1, 0.15) is 55.4 Å². The molecule has 0 spiro atoms. The van der Waals surface area contributed by atoms with E-state index in [2.05, 4.69) is 22.5 Å². The fraction of sp³-hybridized carbons (Fsp3) is 0.439. The summed E-state index contributed by atoms with van der Waals surface area (Å²) in [6.07, 6.45) is -5.07. The Morgan fingerprint density at radius 3 is 1.72 bits per heavy atom. The highest BCUT2D eigenvalue weighted by atomic mass is 16.6. The molecule has 0 aromatic heterocycles. The molecule has 4 aromatic carbocycles. The van der Waals surface area contributed by atoms with Gasteiger partial charge in [-0.3, -0.25) is 14.4 Å². The Labute approximate surface area is 434 Å². The molecule has 17 heteroatoms. The predicted molar refractivity (Wildman–Crippen MR) is 275 cm³/mol. The van der Waals surface area contributed by atoms with Crippen LogP contribution in [0, 0.1) is 11.8 Å². The van der Waals surface area contributed by atoms with Gasteiger partial charge < -0.3 is 49.1 Å². The van der Waals surface area contributed by atoms with Crippen LogP contribution in [0.5, 0.6) is 0 Å². The van der Waals surface area contributed by atoms with Crippen molar-refractivity contribution in [2.24, 2.45) is 11.8 Å². The topological polar surface area (TPSA) is 206 Å². The van der Waals surface area contributed by atoms with Crippen LogP contribution in [-0.2, 0) is 78.8 Å². The van der Waals surface area contributed by atoms with Crippen molar-refractivity contribution >= 4 is 35.9 Å². The molecule has 0 unspecified atom stereocenters. The summed E-state index contributed by atoms with van der Waals surface area (Å²) in [5.41, 5.74) is 2.33. The standard InChI is InChI=1S/C57H72N4O13/c1-9-30-69-55(66)60-49(38(2)3)53(64)61(56(67)72-36-43-28-20-13-21-29-43)44(52(63)59-50(39(4)5)54(65)74-57(6,7)8)31-47(62)58-48-32-45(70-34-41-24-16-11-17-25-41)51(71-35-42-26-18-12-19-27-42)46(73-48)37-68-33-40-22-14-10-15-23-40/h9-29,38-39,44-46,48-51H,1,30-37H2,2-8H3,(H,58,62)(H,59,63)(H,60,66)/t44-,45+,46+,48+,49+,50-,51+/m0/s1. The fourth-order valence-electron chi connectivity index (χ4n) is 7.90. The zero-order valence-corrected chi connectivity index (χ0v) is 43.4. The first kappa shape index (κ1) is 58.0. The molecule has 5 rings (SSSR count). The molecule has 0 radical (unpaired) electrons. The monoisotopic (exact) mass is 1020 g/mol. The first-order valence-electron chi connectivity index (χ1n) is 24.9. The van der Waals surface area contributed by atoms with Crippen LogP contribution in [0.1, 0.15) is 83.6 Å². The van der Waals surface area contributed by atoms with E-state index >= 15 is 0 Å². The number of carbonyl (C=O) groups is 6. The minimum atomic E-state index is -1.98. The molecule has 0 aliphatic carbocycles. The van der Waals surface area contributed by atoms with E-state index in [4.69, 9.17) is 33.2 Å². The molecule has 1 saturated heterocycles. The highest BCUT2D eigenvalue weighted by Gasteiger charge is 2.45. The molecule has 1 heterocycles. The summed E-state index contributed by atoms with van der Waals surface area (Å²) < 4.78 is 42.6. The van der Waals surface area contributed by atoms with Crippen molar-refractivity contribution < 1.29 is 61.9 Å². The second-order valence-electron chi connectivity index (χ2n) is 19.5. The largest absolute Gasteiger partial charge is 0.458 e. The second kappa shape index (κ2) is 29.1. The molecule has 0 saturated carbocycles. The van der Waals surface area contributed by atoms with Crippen molar-refractivity contribution in [1.82, 2.24) is 20.9 Å². The SMILES string of the molecule is C=CCOC(=O)N[C@@H](C(=O)N(C(=O)OCc1ccccc1)[C@@H](CC(=O)N[C@H]1C[C@@H](OCc2ccccc2)[C@@H](OCc2ccccc2)[C@@H](COCc2ccccc2)O1)C(=O)N[C@H](C(=O)OC(C)(C)C)C(C)C)C(C)C. The first-order chi connectivity index (χ1) is 35.4. The van der Waals surface area contributed by atoms with E-state index < -0.39 is 102 Å². The Kier molecular flexibility index (Phi) is 22.8. The summed E-state index contributed by atoms with van der Waals surface area (Å²) >= 11 is 0. The highest BCUT2D eigenvalue weighted by Crippen LogP contribution is 2.28. The van der Waals surface area contributed by atoms with Gasteiger partial charge in [0.15, 0.2) is 0 Å². The average molecular weight is 1020 g/mol. The smallest absolute Gasteiger partial charge is 0.417 e. The summed E-state index contributed by atoms with van der Waals surface area (Å²) in [7, 11) is 0. The number of ether oxygens (including phenoxy) is 7. The van der Waals surface area contributed by atoms with E-state index in [1.165, 1.54) is 6.08 Å². The number of carbonyl (C=O) groups excluding carboxylic acids is 6. The van der Waals surface area contributed by atoms with Crippen LogP contribution in [0.15, 0.2) is 134 Å². The van der Waals surface area contributed by atoms with Gasteiger partial charge in [0.2, 0.25) is 11.8 Å². The maximum absolute atomic E-state index is 14.9. The Morgan fingerprint density at radius 1 is 0.689 bits per heavy atom. The van der Waals surface area contributed by atoms with Gasteiger partial charge in [-0.05, 0) is 54.9 Å². The van der Waals surface area contributed by atoms with Gasteiger partial charge in [-0.2, -0.15) is 0 Å². The van der Waals surface area contributed by atoms with Crippen LogP contribution < -0.4 is 16.0 Å². The van der Waals surface area contributed by atoms with Crippen molar-refractivity contribution in [3.05, 3.63) is 156 Å². The Hall–Kier alpha value is -6.92. The lowest BCUT2D eigenvalue weighted by atomic mass is 9.99. The number of imide groups is 1. The second-order valence-corrected chi connectivity index (χ2v) is 19.5. The van der Waals surface area contributed by atoms with Crippen LogP contribution >= 0.6 is 0 Å². The van der Waals surface area contributed by atoms with Gasteiger partial charge in [0, 0.05) is 6.42 Å². The maximum Gasteiger partial charge on any atom is 0.417 e. The van der Waals surface area contributed by atoms with Gasteiger partial charge in [-0.15, -0.1) is 0 Å². The first-order valence-corrected chi connectivity index (χ1v) is 24.9. The number of hydrogen-bond acceptors (Lipinski definition) is 13. The van der Waals surface area contributed by atoms with E-state index in [0.717, 1.165) is 16.7 Å². The zero-order chi connectivity index (χ0) is 53.6. The summed E-state index contributed by atoms with van der Waals surface area (Å²) in [6.45, 7) is 15.3. The molecule has 1 fully saturated rings. The predicted octanol–water partition coefficient (Wildman–Crippen LogP) is 7.95. The number of esters is 1. The number of nitrogens with one attached hydrogen (secondary N) is 3. The van der Waals surface area contributed by atoms with Gasteiger partial charge in [-0.25, -0.2) is 19.3 Å². The number of hydrogen-bond donors (Lipinski definition) is 3. The third kappa shape index (κ3) is 18.8. The molecule has 1 aliphatic rings. The van der Waals surface area contributed by atoms with Gasteiger partial charge in [0.25, 0.3) is 5.91 Å². The quantitative estimate of drug-likeness (QED) is 0.0328. The van der Waals surface area contributed by atoms with E-state index in [9.17, 15) is 28.8 Å². The van der Waals surface area contributed by atoms with Gasteiger partial charge >= 0.3 is 18.2 Å². The molecule has 3 N–H and O–H groups in total. The molecule has 1 aliphatic heterocycles. The van der Waals surface area contributed by atoms with Crippen LogP contribution in [0.3, 0.4) is 0 Å². The number of alkyl carbamates (subject to hydrolysis) is 1. The van der Waals surface area contributed by atoms with E-state index in [1.807, 2.05) is 91.0 Å². The van der Waals surface area contributed by atoms with Crippen LogP contribution in [-0.4, -0.2) is 102 Å². The summed E-state index contributed by atoms with van der Waals surface area (Å²) in [4.78, 5) is 86.3. The lowest BCUT2D eigenvalue weighted by Gasteiger charge is -2.42. The third-order valence-electron chi connectivity index (χ3n) is 11.6. The zero-order valence-electron chi connectivity index (χ0n) is 43.4. The highest BCUT2D eigenvalue weighted by molar-refractivity contribution is 6.03. The molecule has 74 heavy (non-hydrogen) atoms. The van der Waals surface area contributed by atoms with Crippen molar-refractivity contribution in [3.8, 4) is 0 Å². The Bertz CT molecular complexity index is 2400. The Balaban J connectivity index is 1.52. The average Bonchev–Trinajstić information content (AvgIpc) is 3.37. The maximum atomic E-state index is 14.9. The van der Waals surface area contributed by atoms with Crippen molar-refractivity contribution in [2.45, 2.75) is 136 Å². The van der Waals surface area contributed by atoms with Crippen LogP contribution in [0.25, 0.3) is 0 Å². The molecule has 398 valence electrons. The van der Waals surface area contributed by atoms with E-state index in [1.54, 1.807) is 78.8 Å². The van der Waals surface area contributed by atoms with Crippen molar-refractivity contribution in [3.63, 3.8) is 0 Å². The van der Waals surface area contributed by atoms with Crippen molar-refractivity contribution in [2.75, 3.05) is 13.2 Å².